The highest BCUT2D eigenvalue weighted by atomic mass is 35.5. The second-order valence-electron chi connectivity index (χ2n) is 3.71. The van der Waals surface area contributed by atoms with Crippen molar-refractivity contribution in [2.24, 2.45) is 0 Å². The third-order valence-corrected chi connectivity index (χ3v) is 3.62. The van der Waals surface area contributed by atoms with E-state index in [4.69, 9.17) is 23.2 Å². The molecule has 0 spiro atoms. The van der Waals surface area contributed by atoms with Crippen LogP contribution in [0.25, 0.3) is 0 Å². The van der Waals surface area contributed by atoms with E-state index < -0.39 is 0 Å². The highest BCUT2D eigenvalue weighted by Crippen LogP contribution is 2.21. The molecule has 0 aromatic heterocycles. The van der Waals surface area contributed by atoms with Crippen LogP contribution in [-0.2, 0) is 0 Å². The Hall–Kier alpha value is 0.0600. The van der Waals surface area contributed by atoms with Crippen molar-refractivity contribution in [3.63, 3.8) is 0 Å². The van der Waals surface area contributed by atoms with Crippen LogP contribution in [0.4, 0.5) is 0 Å². The fourth-order valence-corrected chi connectivity index (χ4v) is 2.04. The van der Waals surface area contributed by atoms with E-state index in [0.29, 0.717) is 0 Å². The molecule has 14 heavy (non-hydrogen) atoms. The monoisotopic (exact) mass is 232 g/mol. The summed E-state index contributed by atoms with van der Waals surface area (Å²) >= 11 is 12.3. The zero-order chi connectivity index (χ0) is 10.2. The molecule has 0 saturated heterocycles. The first-order chi connectivity index (χ1) is 6.80. The van der Waals surface area contributed by atoms with Crippen molar-refractivity contribution in [1.29, 1.82) is 0 Å². The molecule has 80 valence electrons. The molecule has 0 radical (unpaired) electrons. The number of rotatable bonds is 0. The van der Waals surface area contributed by atoms with Gasteiger partial charge in [0.25, 0.3) is 0 Å². The van der Waals surface area contributed by atoms with Gasteiger partial charge in [0.1, 0.15) is 0 Å². The van der Waals surface area contributed by atoms with E-state index in [9.17, 15) is 0 Å². The van der Waals surface area contributed by atoms with E-state index >= 15 is 0 Å². The summed E-state index contributed by atoms with van der Waals surface area (Å²) in [7, 11) is 0. The number of halogens is 2. The van der Waals surface area contributed by atoms with Gasteiger partial charge in [-0.3, -0.25) is 0 Å². The van der Waals surface area contributed by atoms with Gasteiger partial charge < -0.3 is 0 Å². The molecular weight excluding hydrogens is 215 g/mol. The standard InChI is InChI=1S/C12H18Cl2/c13-11-9-7-5-3-1-2-4-6-8-10-12(11)14/h3-6,11-12H,1-2,7-10H2/b5-3-,6-4+. The van der Waals surface area contributed by atoms with Crippen molar-refractivity contribution >= 4 is 23.2 Å². The Kier molecular flexibility index (Phi) is 6.38. The number of hydrogen-bond acceptors (Lipinski definition) is 0. The van der Waals surface area contributed by atoms with Crippen LogP contribution in [0.5, 0.6) is 0 Å². The maximum absolute atomic E-state index is 6.17. The van der Waals surface area contributed by atoms with Gasteiger partial charge in [-0.15, -0.1) is 23.2 Å². The zero-order valence-corrected chi connectivity index (χ0v) is 9.97. The first kappa shape index (κ1) is 12.1. The molecule has 2 heteroatoms. The predicted molar refractivity (Wildman–Crippen MR) is 65.3 cm³/mol. The van der Waals surface area contributed by atoms with Crippen LogP contribution in [0, 0.1) is 0 Å². The summed E-state index contributed by atoms with van der Waals surface area (Å²) in [5.41, 5.74) is 0. The summed E-state index contributed by atoms with van der Waals surface area (Å²) < 4.78 is 0. The molecule has 0 amide bonds. The summed E-state index contributed by atoms with van der Waals surface area (Å²) in [6, 6.07) is 0. The third-order valence-electron chi connectivity index (χ3n) is 2.44. The summed E-state index contributed by atoms with van der Waals surface area (Å²) in [5, 5.41) is 0.239. The van der Waals surface area contributed by atoms with Gasteiger partial charge in [0.05, 0.1) is 10.8 Å². The molecule has 0 N–H and O–H groups in total. The van der Waals surface area contributed by atoms with Gasteiger partial charge in [-0.2, -0.15) is 0 Å². The molecule has 2 atom stereocenters. The van der Waals surface area contributed by atoms with Crippen molar-refractivity contribution in [3.05, 3.63) is 24.3 Å². The predicted octanol–water partition coefficient (Wildman–Crippen LogP) is 4.67. The smallest absolute Gasteiger partial charge is 0.0502 e. The quantitative estimate of drug-likeness (QED) is 0.421. The maximum atomic E-state index is 6.17. The minimum absolute atomic E-state index is 0.120. The lowest BCUT2D eigenvalue weighted by atomic mass is 10.1. The molecule has 0 nitrogen and oxygen atoms in total. The van der Waals surface area contributed by atoms with Gasteiger partial charge in [-0.25, -0.2) is 0 Å². The van der Waals surface area contributed by atoms with Crippen molar-refractivity contribution in [1.82, 2.24) is 0 Å². The summed E-state index contributed by atoms with van der Waals surface area (Å²) in [5.74, 6) is 0. The Bertz CT molecular complexity index is 174. The summed E-state index contributed by atoms with van der Waals surface area (Å²) in [6.45, 7) is 0. The Morgan fingerprint density at radius 1 is 0.643 bits per heavy atom. The largest absolute Gasteiger partial charge is 0.121 e. The lowest BCUT2D eigenvalue weighted by molar-refractivity contribution is 0.666. The fourth-order valence-electron chi connectivity index (χ4n) is 1.54. The number of hydrogen-bond donors (Lipinski definition) is 0. The molecule has 0 bridgehead atoms. The first-order valence-electron chi connectivity index (χ1n) is 5.39. The lowest BCUT2D eigenvalue weighted by Crippen LogP contribution is -2.14. The van der Waals surface area contributed by atoms with E-state index in [0.717, 1.165) is 38.5 Å². The average molecular weight is 233 g/mol. The van der Waals surface area contributed by atoms with Crippen LogP contribution in [0.1, 0.15) is 38.5 Å². The van der Waals surface area contributed by atoms with Crippen molar-refractivity contribution in [3.8, 4) is 0 Å². The van der Waals surface area contributed by atoms with Crippen LogP contribution in [0.2, 0.25) is 0 Å². The molecule has 0 fully saturated rings. The molecular formula is C12H18Cl2. The molecule has 1 aliphatic carbocycles. The van der Waals surface area contributed by atoms with E-state index in [1.54, 1.807) is 0 Å². The van der Waals surface area contributed by atoms with Crippen LogP contribution in [0.3, 0.4) is 0 Å². The second kappa shape index (κ2) is 7.36. The van der Waals surface area contributed by atoms with E-state index in [1.165, 1.54) is 0 Å². The minimum atomic E-state index is 0.120. The molecule has 0 heterocycles. The van der Waals surface area contributed by atoms with Gasteiger partial charge in [-0.05, 0) is 38.5 Å². The number of allylic oxidation sites excluding steroid dienone is 4. The third kappa shape index (κ3) is 5.07. The average Bonchev–Trinajstić information content (AvgIpc) is 2.18. The van der Waals surface area contributed by atoms with E-state index in [-0.39, 0.29) is 10.8 Å². The Labute approximate surface area is 97.0 Å². The van der Waals surface area contributed by atoms with Crippen LogP contribution >= 0.6 is 23.2 Å². The Morgan fingerprint density at radius 3 is 1.43 bits per heavy atom. The normalized spacial score (nSPS) is 35.3. The number of alkyl halides is 2. The Morgan fingerprint density at radius 2 is 1.00 bits per heavy atom. The molecule has 0 aliphatic heterocycles. The SMILES string of the molecule is ClC1CC/C=C\CC/C=C/CCC1Cl. The summed E-state index contributed by atoms with van der Waals surface area (Å²) in [6.07, 6.45) is 15.3. The van der Waals surface area contributed by atoms with Gasteiger partial charge in [-0.1, -0.05) is 24.3 Å². The zero-order valence-electron chi connectivity index (χ0n) is 8.46. The minimum Gasteiger partial charge on any atom is -0.121 e. The Balaban J connectivity index is 2.41. The highest BCUT2D eigenvalue weighted by Gasteiger charge is 2.14. The van der Waals surface area contributed by atoms with Crippen LogP contribution in [-0.4, -0.2) is 10.8 Å². The van der Waals surface area contributed by atoms with E-state index in [1.807, 2.05) is 0 Å². The molecule has 1 aliphatic rings. The van der Waals surface area contributed by atoms with Crippen molar-refractivity contribution in [2.45, 2.75) is 49.3 Å². The van der Waals surface area contributed by atoms with Gasteiger partial charge >= 0.3 is 0 Å². The second-order valence-corrected chi connectivity index (χ2v) is 4.83. The van der Waals surface area contributed by atoms with Gasteiger partial charge in [0.15, 0.2) is 0 Å². The molecule has 0 aromatic rings. The maximum Gasteiger partial charge on any atom is 0.0502 e. The van der Waals surface area contributed by atoms with Crippen LogP contribution in [0.15, 0.2) is 24.3 Å². The fraction of sp³-hybridized carbons (Fsp3) is 0.667. The lowest BCUT2D eigenvalue weighted by Gasteiger charge is -2.14. The first-order valence-corrected chi connectivity index (χ1v) is 6.26. The highest BCUT2D eigenvalue weighted by molar-refractivity contribution is 6.29. The molecule has 0 saturated carbocycles. The van der Waals surface area contributed by atoms with E-state index in [2.05, 4.69) is 24.3 Å². The van der Waals surface area contributed by atoms with Gasteiger partial charge in [0, 0.05) is 0 Å². The molecule has 0 aromatic carbocycles. The van der Waals surface area contributed by atoms with Crippen LogP contribution < -0.4 is 0 Å². The van der Waals surface area contributed by atoms with Gasteiger partial charge in [0.2, 0.25) is 0 Å². The van der Waals surface area contributed by atoms with Crippen molar-refractivity contribution in [2.75, 3.05) is 0 Å². The summed E-state index contributed by atoms with van der Waals surface area (Å²) in [4.78, 5) is 0. The topological polar surface area (TPSA) is 0 Å². The van der Waals surface area contributed by atoms with Crippen molar-refractivity contribution < 1.29 is 0 Å². The molecule has 1 rings (SSSR count). The molecule has 2 unspecified atom stereocenters.